The van der Waals surface area contributed by atoms with E-state index in [0.717, 1.165) is 6.07 Å². The van der Waals surface area contributed by atoms with Gasteiger partial charge in [0.2, 0.25) is 0 Å². The predicted molar refractivity (Wildman–Crippen MR) is 66.5 cm³/mol. The normalized spacial score (nSPS) is 12.8. The maximum absolute atomic E-state index is 12.8. The van der Waals surface area contributed by atoms with Crippen LogP contribution >= 0.6 is 22.3 Å². The summed E-state index contributed by atoms with van der Waals surface area (Å²) >= 11 is 5.55. The Morgan fingerprint density at radius 2 is 1.85 bits per heavy atom. The Hall–Kier alpha value is -1.25. The van der Waals surface area contributed by atoms with Crippen molar-refractivity contribution < 1.29 is 26.7 Å². The van der Waals surface area contributed by atoms with E-state index >= 15 is 0 Å². The van der Waals surface area contributed by atoms with E-state index in [4.69, 9.17) is 22.3 Å². The number of fused-ring (bicyclic) bond motifs is 1. The Labute approximate surface area is 120 Å². The second-order valence-electron chi connectivity index (χ2n) is 3.76. The highest BCUT2D eigenvalue weighted by Gasteiger charge is 2.35. The third-order valence-electron chi connectivity index (χ3n) is 2.44. The van der Waals surface area contributed by atoms with Crippen LogP contribution < -0.4 is 0 Å². The number of rotatable bonds is 1. The standard InChI is InChI=1S/C10H4Cl2F3NO3S/c11-4-1-5-8(6(2-4)10(13,14)15)16-3-7(9(5)17)20(12,18)19/h1-3H,(H,16,17). The Balaban J connectivity index is 2.95. The van der Waals surface area contributed by atoms with Gasteiger partial charge < -0.3 is 5.11 Å². The summed E-state index contributed by atoms with van der Waals surface area (Å²) in [5.74, 6) is -0.932. The fourth-order valence-corrected chi connectivity index (χ4v) is 2.71. The van der Waals surface area contributed by atoms with Gasteiger partial charge in [-0.2, -0.15) is 13.2 Å². The van der Waals surface area contributed by atoms with Crippen LogP contribution in [0.2, 0.25) is 5.02 Å². The van der Waals surface area contributed by atoms with Gasteiger partial charge in [-0.15, -0.1) is 0 Å². The molecular weight excluding hydrogens is 342 g/mol. The SMILES string of the molecule is O=S(=O)(Cl)c1cnc2c(C(F)(F)F)cc(Cl)cc2c1O. The summed E-state index contributed by atoms with van der Waals surface area (Å²) in [7, 11) is 0.700. The molecule has 0 aliphatic rings. The molecule has 108 valence electrons. The van der Waals surface area contributed by atoms with Gasteiger partial charge in [0.25, 0.3) is 9.05 Å². The van der Waals surface area contributed by atoms with E-state index in [1.54, 1.807) is 0 Å². The number of nitrogens with zero attached hydrogens (tertiary/aromatic N) is 1. The molecule has 0 bridgehead atoms. The lowest BCUT2D eigenvalue weighted by molar-refractivity contribution is -0.136. The summed E-state index contributed by atoms with van der Waals surface area (Å²) in [6.07, 6.45) is -4.20. The number of hydrogen-bond acceptors (Lipinski definition) is 4. The highest BCUT2D eigenvalue weighted by atomic mass is 35.7. The Bertz CT molecular complexity index is 805. The monoisotopic (exact) mass is 345 g/mol. The summed E-state index contributed by atoms with van der Waals surface area (Å²) < 4.78 is 60.9. The molecule has 0 atom stereocenters. The quantitative estimate of drug-likeness (QED) is 0.802. The van der Waals surface area contributed by atoms with Gasteiger partial charge in [-0.05, 0) is 12.1 Å². The Morgan fingerprint density at radius 3 is 2.35 bits per heavy atom. The van der Waals surface area contributed by atoms with Crippen molar-refractivity contribution in [1.82, 2.24) is 4.98 Å². The van der Waals surface area contributed by atoms with E-state index in [0.29, 0.717) is 12.3 Å². The maximum Gasteiger partial charge on any atom is 0.418 e. The van der Waals surface area contributed by atoms with Crippen molar-refractivity contribution in [3.8, 4) is 5.75 Å². The van der Waals surface area contributed by atoms with E-state index in [1.807, 2.05) is 0 Å². The first-order valence-electron chi connectivity index (χ1n) is 4.85. The van der Waals surface area contributed by atoms with Crippen LogP contribution in [0.15, 0.2) is 23.2 Å². The summed E-state index contributed by atoms with van der Waals surface area (Å²) in [6, 6.07) is 1.60. The van der Waals surface area contributed by atoms with Gasteiger partial charge in [-0.3, -0.25) is 4.98 Å². The lowest BCUT2D eigenvalue weighted by atomic mass is 10.1. The molecule has 0 amide bonds. The first-order valence-corrected chi connectivity index (χ1v) is 7.53. The number of hydrogen-bond donors (Lipinski definition) is 1. The number of aromatic nitrogens is 1. The van der Waals surface area contributed by atoms with Crippen molar-refractivity contribution in [2.45, 2.75) is 11.1 Å². The molecule has 0 unspecified atom stereocenters. The van der Waals surface area contributed by atoms with E-state index in [1.165, 1.54) is 0 Å². The second-order valence-corrected chi connectivity index (χ2v) is 6.73. The smallest absolute Gasteiger partial charge is 0.418 e. The molecule has 2 aromatic rings. The average Bonchev–Trinajstić information content (AvgIpc) is 2.26. The zero-order chi connectivity index (χ0) is 15.3. The number of alkyl halides is 3. The second kappa shape index (κ2) is 4.64. The number of halogens is 5. The number of benzene rings is 1. The highest BCUT2D eigenvalue weighted by molar-refractivity contribution is 8.13. The largest absolute Gasteiger partial charge is 0.506 e. The molecule has 0 aliphatic heterocycles. The van der Waals surface area contributed by atoms with Crippen LogP contribution in [0.5, 0.6) is 5.75 Å². The molecule has 1 heterocycles. The van der Waals surface area contributed by atoms with Crippen LogP contribution in [-0.2, 0) is 15.2 Å². The minimum Gasteiger partial charge on any atom is -0.506 e. The molecular formula is C10H4Cl2F3NO3S. The molecule has 0 saturated carbocycles. The lowest BCUT2D eigenvalue weighted by Crippen LogP contribution is -2.07. The zero-order valence-corrected chi connectivity index (χ0v) is 11.6. The first-order chi connectivity index (χ1) is 9.01. The van der Waals surface area contributed by atoms with E-state index in [9.17, 15) is 26.7 Å². The van der Waals surface area contributed by atoms with Crippen LogP contribution in [0.3, 0.4) is 0 Å². The third kappa shape index (κ3) is 2.63. The average molecular weight is 346 g/mol. The van der Waals surface area contributed by atoms with Crippen molar-refractivity contribution in [3.63, 3.8) is 0 Å². The zero-order valence-electron chi connectivity index (χ0n) is 9.24. The van der Waals surface area contributed by atoms with Gasteiger partial charge in [-0.25, -0.2) is 8.42 Å². The lowest BCUT2D eigenvalue weighted by Gasteiger charge is -2.12. The molecule has 2 rings (SSSR count). The van der Waals surface area contributed by atoms with Crippen LogP contribution in [0.1, 0.15) is 5.56 Å². The topological polar surface area (TPSA) is 67.3 Å². The number of pyridine rings is 1. The van der Waals surface area contributed by atoms with Gasteiger partial charge in [0.1, 0.15) is 10.6 Å². The van der Waals surface area contributed by atoms with Crippen LogP contribution in [0.4, 0.5) is 13.2 Å². The molecule has 0 aliphatic carbocycles. The molecule has 0 fully saturated rings. The summed E-state index contributed by atoms with van der Waals surface area (Å²) in [4.78, 5) is 2.62. The van der Waals surface area contributed by atoms with E-state index < -0.39 is 42.3 Å². The van der Waals surface area contributed by atoms with Crippen molar-refractivity contribution >= 4 is 42.2 Å². The van der Waals surface area contributed by atoms with E-state index in [2.05, 4.69) is 4.98 Å². The Morgan fingerprint density at radius 1 is 1.25 bits per heavy atom. The maximum atomic E-state index is 12.8. The summed E-state index contributed by atoms with van der Waals surface area (Å²) in [5.41, 5.74) is -1.81. The van der Waals surface area contributed by atoms with Gasteiger partial charge in [-0.1, -0.05) is 11.6 Å². The minimum absolute atomic E-state index is 0.328. The highest BCUT2D eigenvalue weighted by Crippen LogP contribution is 2.40. The molecule has 0 radical (unpaired) electrons. The van der Waals surface area contributed by atoms with Gasteiger partial charge in [0.15, 0.2) is 0 Å². The molecule has 1 aromatic carbocycles. The van der Waals surface area contributed by atoms with Gasteiger partial charge >= 0.3 is 6.18 Å². The molecule has 10 heteroatoms. The fraction of sp³-hybridized carbons (Fsp3) is 0.100. The summed E-state index contributed by atoms with van der Waals surface area (Å²) in [5, 5.41) is 8.99. The molecule has 1 N–H and O–H groups in total. The fourth-order valence-electron chi connectivity index (χ4n) is 1.63. The molecule has 0 saturated heterocycles. The van der Waals surface area contributed by atoms with Gasteiger partial charge in [0.05, 0.1) is 17.3 Å². The molecule has 0 spiro atoms. The van der Waals surface area contributed by atoms with Crippen molar-refractivity contribution in [2.75, 3.05) is 0 Å². The van der Waals surface area contributed by atoms with Crippen molar-refractivity contribution in [3.05, 3.63) is 28.9 Å². The van der Waals surface area contributed by atoms with Crippen molar-refractivity contribution in [1.29, 1.82) is 0 Å². The first kappa shape index (κ1) is 15.1. The molecule has 4 nitrogen and oxygen atoms in total. The van der Waals surface area contributed by atoms with E-state index in [-0.39, 0.29) is 5.02 Å². The molecule has 1 aromatic heterocycles. The van der Waals surface area contributed by atoms with Crippen LogP contribution in [0.25, 0.3) is 10.9 Å². The molecule has 20 heavy (non-hydrogen) atoms. The summed E-state index contributed by atoms with van der Waals surface area (Å²) in [6.45, 7) is 0. The van der Waals surface area contributed by atoms with Crippen LogP contribution in [-0.4, -0.2) is 18.5 Å². The Kier molecular flexibility index (Phi) is 3.52. The van der Waals surface area contributed by atoms with Crippen molar-refractivity contribution in [2.24, 2.45) is 0 Å². The minimum atomic E-state index is -4.76. The van der Waals surface area contributed by atoms with Gasteiger partial charge in [0, 0.05) is 21.1 Å². The third-order valence-corrected chi connectivity index (χ3v) is 3.98. The number of aromatic hydroxyl groups is 1. The van der Waals surface area contributed by atoms with Crippen LogP contribution in [0, 0.1) is 0 Å². The predicted octanol–water partition coefficient (Wildman–Crippen LogP) is 3.54.